The van der Waals surface area contributed by atoms with E-state index in [1.807, 2.05) is 6.07 Å². The summed E-state index contributed by atoms with van der Waals surface area (Å²) in [4.78, 5) is 24.0. The van der Waals surface area contributed by atoms with Crippen LogP contribution in [0.2, 0.25) is 0 Å². The molecule has 5 nitrogen and oxygen atoms in total. The molecular formula is C14H16O5. The fourth-order valence-corrected chi connectivity index (χ4v) is 2.37. The fraction of sp³-hybridized carbons (Fsp3) is 0.429. The second kappa shape index (κ2) is 5.30. The van der Waals surface area contributed by atoms with Gasteiger partial charge in [-0.1, -0.05) is 0 Å². The number of ether oxygens (including phenoxy) is 3. The van der Waals surface area contributed by atoms with Crippen molar-refractivity contribution in [3.05, 3.63) is 23.3 Å². The number of hydrogen-bond donors (Lipinski definition) is 0. The molecule has 5 heteroatoms. The van der Waals surface area contributed by atoms with Crippen molar-refractivity contribution >= 4 is 11.8 Å². The maximum absolute atomic E-state index is 12.4. The van der Waals surface area contributed by atoms with Gasteiger partial charge in [-0.25, -0.2) is 0 Å². The van der Waals surface area contributed by atoms with E-state index in [-0.39, 0.29) is 5.78 Å². The molecule has 1 aliphatic carbocycles. The molecule has 0 fully saturated rings. The molecule has 2 rings (SSSR count). The van der Waals surface area contributed by atoms with E-state index < -0.39 is 11.9 Å². The highest BCUT2D eigenvalue weighted by Gasteiger charge is 2.36. The molecule has 0 aliphatic heterocycles. The van der Waals surface area contributed by atoms with Crippen LogP contribution in [0.1, 0.15) is 22.3 Å². The Morgan fingerprint density at radius 2 is 1.95 bits per heavy atom. The minimum absolute atomic E-state index is 0.243. The zero-order valence-corrected chi connectivity index (χ0v) is 11.2. The highest BCUT2D eigenvalue weighted by atomic mass is 16.5. The van der Waals surface area contributed by atoms with Crippen molar-refractivity contribution in [3.8, 4) is 11.5 Å². The lowest BCUT2D eigenvalue weighted by molar-refractivity contribution is -0.143. The average molecular weight is 264 g/mol. The van der Waals surface area contributed by atoms with Gasteiger partial charge in [0.25, 0.3) is 0 Å². The maximum Gasteiger partial charge on any atom is 0.316 e. The summed E-state index contributed by atoms with van der Waals surface area (Å²) >= 11 is 0. The van der Waals surface area contributed by atoms with Crippen molar-refractivity contribution < 1.29 is 23.8 Å². The number of ketones is 1. The third-order valence-corrected chi connectivity index (χ3v) is 3.36. The standard InChI is InChI=1S/C14H16O5/c1-17-9-6-8-4-5-10(14(16)19-3)13(15)12(8)11(7-9)18-2/h6-7,10H,4-5H2,1-3H3. The van der Waals surface area contributed by atoms with Gasteiger partial charge in [0.15, 0.2) is 5.78 Å². The fourth-order valence-electron chi connectivity index (χ4n) is 2.37. The molecule has 0 N–H and O–H groups in total. The summed E-state index contributed by atoms with van der Waals surface area (Å²) in [6.07, 6.45) is 1.07. The van der Waals surface area contributed by atoms with Crippen molar-refractivity contribution in [3.63, 3.8) is 0 Å². The Morgan fingerprint density at radius 3 is 2.53 bits per heavy atom. The molecule has 1 atom stereocenters. The van der Waals surface area contributed by atoms with E-state index >= 15 is 0 Å². The second-order valence-electron chi connectivity index (χ2n) is 4.34. The number of fused-ring (bicyclic) bond motifs is 1. The minimum Gasteiger partial charge on any atom is -0.497 e. The predicted molar refractivity (Wildman–Crippen MR) is 67.7 cm³/mol. The summed E-state index contributed by atoms with van der Waals surface area (Å²) in [5, 5.41) is 0. The van der Waals surface area contributed by atoms with Gasteiger partial charge < -0.3 is 14.2 Å². The Kier molecular flexibility index (Phi) is 3.74. The van der Waals surface area contributed by atoms with Crippen LogP contribution in [0.5, 0.6) is 11.5 Å². The maximum atomic E-state index is 12.4. The van der Waals surface area contributed by atoms with Gasteiger partial charge in [0.05, 0.1) is 26.9 Å². The van der Waals surface area contributed by atoms with E-state index in [1.54, 1.807) is 13.2 Å². The smallest absolute Gasteiger partial charge is 0.316 e. The number of carbonyl (C=O) groups is 2. The van der Waals surface area contributed by atoms with Crippen molar-refractivity contribution in [1.29, 1.82) is 0 Å². The van der Waals surface area contributed by atoms with Crippen LogP contribution < -0.4 is 9.47 Å². The molecular weight excluding hydrogens is 248 g/mol. The van der Waals surface area contributed by atoms with Crippen LogP contribution in [-0.4, -0.2) is 33.1 Å². The second-order valence-corrected chi connectivity index (χ2v) is 4.34. The number of carbonyl (C=O) groups excluding carboxylic acids is 2. The first-order valence-corrected chi connectivity index (χ1v) is 5.99. The molecule has 1 aromatic carbocycles. The van der Waals surface area contributed by atoms with Gasteiger partial charge in [0, 0.05) is 6.07 Å². The van der Waals surface area contributed by atoms with Gasteiger partial charge in [-0.05, 0) is 24.5 Å². The molecule has 0 saturated carbocycles. The number of methoxy groups -OCH3 is 3. The summed E-state index contributed by atoms with van der Waals surface area (Å²) in [6.45, 7) is 0. The van der Waals surface area contributed by atoms with Crippen LogP contribution >= 0.6 is 0 Å². The Morgan fingerprint density at radius 1 is 1.21 bits per heavy atom. The molecule has 102 valence electrons. The summed E-state index contributed by atoms with van der Waals surface area (Å²) in [5.74, 6) is -0.395. The Hall–Kier alpha value is -2.04. The van der Waals surface area contributed by atoms with E-state index in [9.17, 15) is 9.59 Å². The van der Waals surface area contributed by atoms with Gasteiger partial charge in [0.2, 0.25) is 0 Å². The number of hydrogen-bond acceptors (Lipinski definition) is 5. The van der Waals surface area contributed by atoms with Gasteiger partial charge in [-0.15, -0.1) is 0 Å². The highest BCUT2D eigenvalue weighted by Crippen LogP contribution is 2.36. The summed E-state index contributed by atoms with van der Waals surface area (Å²) < 4.78 is 15.1. The SMILES string of the molecule is COC(=O)C1CCc2cc(OC)cc(OC)c2C1=O. The monoisotopic (exact) mass is 264 g/mol. The van der Waals surface area contributed by atoms with Crippen LogP contribution in [0, 0.1) is 5.92 Å². The number of rotatable bonds is 3. The van der Waals surface area contributed by atoms with Crippen LogP contribution in [-0.2, 0) is 16.0 Å². The molecule has 0 radical (unpaired) electrons. The van der Waals surface area contributed by atoms with E-state index in [4.69, 9.17) is 9.47 Å². The number of aryl methyl sites for hydroxylation is 1. The van der Waals surface area contributed by atoms with E-state index in [2.05, 4.69) is 4.74 Å². The molecule has 0 spiro atoms. The topological polar surface area (TPSA) is 61.8 Å². The first-order valence-electron chi connectivity index (χ1n) is 5.99. The lowest BCUT2D eigenvalue weighted by atomic mass is 9.82. The summed E-state index contributed by atoms with van der Waals surface area (Å²) in [5.41, 5.74) is 1.31. The van der Waals surface area contributed by atoms with Crippen LogP contribution in [0.25, 0.3) is 0 Å². The lowest BCUT2D eigenvalue weighted by Gasteiger charge is -2.23. The number of esters is 1. The zero-order valence-electron chi connectivity index (χ0n) is 11.2. The van der Waals surface area contributed by atoms with E-state index in [0.717, 1.165) is 5.56 Å². The van der Waals surface area contributed by atoms with Crippen LogP contribution in [0.4, 0.5) is 0 Å². The molecule has 0 saturated heterocycles. The molecule has 0 heterocycles. The van der Waals surface area contributed by atoms with Crippen molar-refractivity contribution in [2.24, 2.45) is 5.92 Å². The molecule has 1 aliphatic rings. The molecule has 0 amide bonds. The highest BCUT2D eigenvalue weighted by molar-refractivity contribution is 6.11. The van der Waals surface area contributed by atoms with Gasteiger partial charge in [-0.2, -0.15) is 0 Å². The normalized spacial score (nSPS) is 17.6. The lowest BCUT2D eigenvalue weighted by Crippen LogP contribution is -2.30. The molecule has 1 aromatic rings. The average Bonchev–Trinajstić information content (AvgIpc) is 2.45. The number of Topliss-reactive ketones (excluding diaryl/α,β-unsaturated/α-hetero) is 1. The van der Waals surface area contributed by atoms with Crippen molar-refractivity contribution in [2.75, 3.05) is 21.3 Å². The van der Waals surface area contributed by atoms with Crippen molar-refractivity contribution in [1.82, 2.24) is 0 Å². The third-order valence-electron chi connectivity index (χ3n) is 3.36. The summed E-state index contributed by atoms with van der Waals surface area (Å²) in [6, 6.07) is 3.46. The van der Waals surface area contributed by atoms with Gasteiger partial charge in [-0.3, -0.25) is 9.59 Å². The van der Waals surface area contributed by atoms with E-state index in [1.165, 1.54) is 14.2 Å². The quantitative estimate of drug-likeness (QED) is 0.613. The van der Waals surface area contributed by atoms with Crippen LogP contribution in [0.15, 0.2) is 12.1 Å². The molecule has 19 heavy (non-hydrogen) atoms. The first kappa shape index (κ1) is 13.4. The Bertz CT molecular complexity index is 504. The largest absolute Gasteiger partial charge is 0.497 e. The van der Waals surface area contributed by atoms with E-state index in [0.29, 0.717) is 29.9 Å². The Balaban J connectivity index is 2.48. The van der Waals surface area contributed by atoms with Gasteiger partial charge >= 0.3 is 5.97 Å². The molecule has 1 unspecified atom stereocenters. The van der Waals surface area contributed by atoms with Gasteiger partial charge in [0.1, 0.15) is 17.4 Å². The zero-order chi connectivity index (χ0) is 14.0. The number of benzene rings is 1. The Labute approximate surface area is 111 Å². The first-order chi connectivity index (χ1) is 9.12. The minimum atomic E-state index is -0.736. The predicted octanol–water partition coefficient (Wildman–Crippen LogP) is 1.62. The third kappa shape index (κ3) is 2.28. The van der Waals surface area contributed by atoms with Crippen molar-refractivity contribution in [2.45, 2.75) is 12.8 Å². The van der Waals surface area contributed by atoms with Crippen LogP contribution in [0.3, 0.4) is 0 Å². The molecule has 0 aromatic heterocycles. The summed E-state index contributed by atoms with van der Waals surface area (Å²) in [7, 11) is 4.34. The molecule has 0 bridgehead atoms.